The van der Waals surface area contributed by atoms with Gasteiger partial charge in [0.05, 0.1) is 0 Å². The first-order chi connectivity index (χ1) is 10.7. The smallest absolute Gasteiger partial charge is 0.196 e. The van der Waals surface area contributed by atoms with E-state index in [1.807, 2.05) is 18.2 Å². The number of aromatic nitrogens is 2. The van der Waals surface area contributed by atoms with Crippen LogP contribution in [0.4, 0.5) is 5.82 Å². The van der Waals surface area contributed by atoms with E-state index in [0.717, 1.165) is 58.5 Å². The molecule has 3 rings (SSSR count). The minimum Gasteiger partial charge on any atom is -0.450 e. The van der Waals surface area contributed by atoms with Crippen molar-refractivity contribution in [2.45, 2.75) is 13.8 Å². The molecule has 3 aromatic rings. The number of fused-ring (bicyclic) bond motifs is 3. The fourth-order valence-corrected chi connectivity index (χ4v) is 2.91. The van der Waals surface area contributed by atoms with Gasteiger partial charge in [-0.1, -0.05) is 29.8 Å². The summed E-state index contributed by atoms with van der Waals surface area (Å²) in [5.74, 6) is 0.754. The van der Waals surface area contributed by atoms with Gasteiger partial charge in [0.25, 0.3) is 0 Å². The number of benzene rings is 1. The van der Waals surface area contributed by atoms with Gasteiger partial charge >= 0.3 is 0 Å². The molecule has 0 fully saturated rings. The molecule has 0 amide bonds. The first-order valence-electron chi connectivity index (χ1n) is 7.52. The monoisotopic (exact) mass is 362 g/mol. The molecule has 0 unspecified atom stereocenters. The van der Waals surface area contributed by atoms with Crippen LogP contribution in [0.15, 0.2) is 33.4 Å². The van der Waals surface area contributed by atoms with Gasteiger partial charge in [-0.2, -0.15) is 0 Å². The van der Waals surface area contributed by atoms with E-state index in [1.54, 1.807) is 6.33 Å². The Morgan fingerprint density at radius 2 is 2.05 bits per heavy atom. The molecule has 0 aliphatic rings. The first kappa shape index (κ1) is 15.2. The minimum atomic E-state index is 0.718. The fraction of sp³-hybridized carbons (Fsp3) is 0.375. The van der Waals surface area contributed by atoms with Crippen LogP contribution in [0.5, 0.6) is 0 Å². The van der Waals surface area contributed by atoms with E-state index < -0.39 is 0 Å². The number of halogens is 1. The van der Waals surface area contributed by atoms with E-state index in [2.05, 4.69) is 50.0 Å². The zero-order chi connectivity index (χ0) is 15.5. The van der Waals surface area contributed by atoms with Gasteiger partial charge in [0.2, 0.25) is 0 Å². The second-order valence-corrected chi connectivity index (χ2v) is 6.01. The van der Waals surface area contributed by atoms with Crippen LogP contribution < -0.4 is 5.32 Å². The molecule has 6 heteroatoms. The molecule has 0 saturated heterocycles. The van der Waals surface area contributed by atoms with Crippen molar-refractivity contribution >= 4 is 43.8 Å². The maximum atomic E-state index is 5.93. The van der Waals surface area contributed by atoms with E-state index in [-0.39, 0.29) is 0 Å². The lowest BCUT2D eigenvalue weighted by molar-refractivity contribution is 0.316. The summed E-state index contributed by atoms with van der Waals surface area (Å²) in [5, 5.41) is 4.36. The molecule has 22 heavy (non-hydrogen) atoms. The van der Waals surface area contributed by atoms with E-state index >= 15 is 0 Å². The van der Waals surface area contributed by atoms with Crippen molar-refractivity contribution in [3.63, 3.8) is 0 Å². The summed E-state index contributed by atoms with van der Waals surface area (Å²) in [5.41, 5.74) is 2.39. The van der Waals surface area contributed by atoms with Crippen LogP contribution in [0, 0.1) is 0 Å². The van der Waals surface area contributed by atoms with Crippen molar-refractivity contribution in [2.24, 2.45) is 0 Å². The van der Waals surface area contributed by atoms with Gasteiger partial charge in [-0.05, 0) is 31.3 Å². The van der Waals surface area contributed by atoms with Crippen molar-refractivity contribution in [3.05, 3.63) is 29.0 Å². The molecule has 0 aliphatic carbocycles. The molecule has 2 heterocycles. The molecule has 2 aromatic heterocycles. The summed E-state index contributed by atoms with van der Waals surface area (Å²) in [6, 6.07) is 5.93. The Morgan fingerprint density at radius 3 is 2.82 bits per heavy atom. The van der Waals surface area contributed by atoms with Crippen molar-refractivity contribution in [1.82, 2.24) is 14.9 Å². The summed E-state index contributed by atoms with van der Waals surface area (Å²) >= 11 is 3.49. The molecule has 0 aliphatic heterocycles. The molecule has 1 N–H and O–H groups in total. The highest BCUT2D eigenvalue weighted by Gasteiger charge is 2.13. The standard InChI is InChI=1S/C16H19BrN4O/c1-3-21(4-2)8-7-18-16-15-14(19-10-20-16)12-9-11(17)5-6-13(12)22-15/h5-6,9-10H,3-4,7-8H2,1-2H3,(H,18,19,20). The number of likely N-dealkylation sites (N-methyl/N-ethyl adjacent to an activating group) is 1. The SMILES string of the molecule is CCN(CC)CCNc1ncnc2c1oc1ccc(Br)cc12. The second kappa shape index (κ2) is 6.62. The first-order valence-corrected chi connectivity index (χ1v) is 8.31. The Hall–Kier alpha value is -1.66. The van der Waals surface area contributed by atoms with Crippen molar-refractivity contribution in [2.75, 3.05) is 31.5 Å². The van der Waals surface area contributed by atoms with Gasteiger partial charge < -0.3 is 14.6 Å². The van der Waals surface area contributed by atoms with Crippen LogP contribution in [-0.2, 0) is 0 Å². The van der Waals surface area contributed by atoms with Crippen molar-refractivity contribution < 1.29 is 4.42 Å². The maximum Gasteiger partial charge on any atom is 0.196 e. The van der Waals surface area contributed by atoms with Crippen LogP contribution in [0.3, 0.4) is 0 Å². The second-order valence-electron chi connectivity index (χ2n) is 5.10. The summed E-state index contributed by atoms with van der Waals surface area (Å²) in [6.07, 6.45) is 1.58. The summed E-state index contributed by atoms with van der Waals surface area (Å²) in [6.45, 7) is 8.25. The quantitative estimate of drug-likeness (QED) is 0.720. The number of hydrogen-bond acceptors (Lipinski definition) is 5. The third-order valence-corrected chi connectivity index (χ3v) is 4.32. The number of rotatable bonds is 6. The topological polar surface area (TPSA) is 54.2 Å². The molecule has 0 radical (unpaired) electrons. The van der Waals surface area contributed by atoms with E-state index in [9.17, 15) is 0 Å². The van der Waals surface area contributed by atoms with Crippen LogP contribution in [0.25, 0.3) is 22.1 Å². The van der Waals surface area contributed by atoms with Crippen LogP contribution in [0.1, 0.15) is 13.8 Å². The number of nitrogens with zero attached hydrogens (tertiary/aromatic N) is 3. The molecule has 0 atom stereocenters. The highest BCUT2D eigenvalue weighted by molar-refractivity contribution is 9.10. The minimum absolute atomic E-state index is 0.718. The Labute approximate surface area is 137 Å². The van der Waals surface area contributed by atoms with Gasteiger partial charge in [-0.15, -0.1) is 0 Å². The predicted octanol–water partition coefficient (Wildman–Crippen LogP) is 3.89. The van der Waals surface area contributed by atoms with Gasteiger partial charge in [-0.3, -0.25) is 0 Å². The molecule has 0 saturated carbocycles. The van der Waals surface area contributed by atoms with Crippen LogP contribution in [0.2, 0.25) is 0 Å². The normalized spacial score (nSPS) is 11.6. The molecule has 0 spiro atoms. The summed E-state index contributed by atoms with van der Waals surface area (Å²) < 4.78 is 6.94. The molecular formula is C16H19BrN4O. The lowest BCUT2D eigenvalue weighted by Gasteiger charge is -2.18. The Balaban J connectivity index is 1.89. The van der Waals surface area contributed by atoms with E-state index in [4.69, 9.17) is 4.42 Å². The van der Waals surface area contributed by atoms with Crippen molar-refractivity contribution in [1.29, 1.82) is 0 Å². The molecule has 0 bridgehead atoms. The Kier molecular flexibility index (Phi) is 4.59. The highest BCUT2D eigenvalue weighted by Crippen LogP contribution is 2.32. The molecule has 1 aromatic carbocycles. The third kappa shape index (κ3) is 2.94. The average molecular weight is 363 g/mol. The van der Waals surface area contributed by atoms with Crippen LogP contribution >= 0.6 is 15.9 Å². The average Bonchev–Trinajstić information content (AvgIpc) is 2.90. The summed E-state index contributed by atoms with van der Waals surface area (Å²) in [7, 11) is 0. The van der Waals surface area contributed by atoms with Gasteiger partial charge in [0.15, 0.2) is 11.4 Å². The third-order valence-electron chi connectivity index (χ3n) is 3.83. The largest absolute Gasteiger partial charge is 0.450 e. The summed E-state index contributed by atoms with van der Waals surface area (Å²) in [4.78, 5) is 11.1. The zero-order valence-electron chi connectivity index (χ0n) is 12.8. The van der Waals surface area contributed by atoms with E-state index in [0.29, 0.717) is 0 Å². The predicted molar refractivity (Wildman–Crippen MR) is 93.3 cm³/mol. The fourth-order valence-electron chi connectivity index (χ4n) is 2.55. The van der Waals surface area contributed by atoms with Crippen molar-refractivity contribution in [3.8, 4) is 0 Å². The molecule has 5 nitrogen and oxygen atoms in total. The van der Waals surface area contributed by atoms with Gasteiger partial charge in [-0.25, -0.2) is 9.97 Å². The van der Waals surface area contributed by atoms with Crippen LogP contribution in [-0.4, -0.2) is 41.0 Å². The van der Waals surface area contributed by atoms with E-state index in [1.165, 1.54) is 0 Å². The number of hydrogen-bond donors (Lipinski definition) is 1. The van der Waals surface area contributed by atoms with Gasteiger partial charge in [0.1, 0.15) is 17.4 Å². The number of furan rings is 1. The Morgan fingerprint density at radius 1 is 1.23 bits per heavy atom. The molecule has 116 valence electrons. The zero-order valence-corrected chi connectivity index (χ0v) is 14.4. The number of anilines is 1. The maximum absolute atomic E-state index is 5.93. The highest BCUT2D eigenvalue weighted by atomic mass is 79.9. The Bertz CT molecular complexity index is 782. The molecular weight excluding hydrogens is 344 g/mol. The lowest BCUT2D eigenvalue weighted by Crippen LogP contribution is -2.28. The number of nitrogens with one attached hydrogen (secondary N) is 1. The lowest BCUT2D eigenvalue weighted by atomic mass is 10.2. The van der Waals surface area contributed by atoms with Gasteiger partial charge in [0, 0.05) is 22.9 Å².